The Kier molecular flexibility index (Phi) is 7.05. The number of nitrogens with one attached hydrogen (secondary N) is 2. The Bertz CT molecular complexity index is 1150. The van der Waals surface area contributed by atoms with E-state index in [4.69, 9.17) is 0 Å². The van der Waals surface area contributed by atoms with E-state index in [1.165, 1.54) is 4.88 Å². The first-order valence-electron chi connectivity index (χ1n) is 11.3. The average Bonchev–Trinajstić information content (AvgIpc) is 3.12. The second-order valence-corrected chi connectivity index (χ2v) is 11.7. The van der Waals surface area contributed by atoms with Crippen LogP contribution in [0, 0.1) is 11.3 Å². The zero-order chi connectivity index (χ0) is 23.6. The van der Waals surface area contributed by atoms with Gasteiger partial charge in [-0.2, -0.15) is 0 Å². The van der Waals surface area contributed by atoms with Gasteiger partial charge in [0.05, 0.1) is 12.0 Å². The summed E-state index contributed by atoms with van der Waals surface area (Å²) >= 11 is 4.99. The predicted octanol–water partition coefficient (Wildman–Crippen LogP) is 7.10. The number of hydrogen-bond donors (Lipinski definition) is 2. The van der Waals surface area contributed by atoms with Crippen LogP contribution in [0.15, 0.2) is 59.1 Å². The van der Waals surface area contributed by atoms with Crippen molar-refractivity contribution >= 4 is 49.8 Å². The van der Waals surface area contributed by atoms with Crippen molar-refractivity contribution in [1.29, 1.82) is 0 Å². The number of amides is 2. The van der Waals surface area contributed by atoms with Crippen LogP contribution >= 0.6 is 27.3 Å². The van der Waals surface area contributed by atoms with Crippen LogP contribution in [0.1, 0.15) is 53.6 Å². The summed E-state index contributed by atoms with van der Waals surface area (Å²) in [4.78, 5) is 27.5. The third kappa shape index (κ3) is 5.74. The molecular weight excluding hydrogens is 496 g/mol. The second-order valence-electron chi connectivity index (χ2n) is 9.69. The number of carbonyl (C=O) groups is 2. The second kappa shape index (κ2) is 9.82. The first-order chi connectivity index (χ1) is 15.7. The van der Waals surface area contributed by atoms with Gasteiger partial charge in [0.15, 0.2) is 0 Å². The standard InChI is InChI=1S/C27H29BrN2O2S/c1-27(2,3)18-9-14-21-22(16-18)33-26(30-23(31)15-17-7-5-4-6-8-17)24(21)25(32)29-20-12-10-19(28)11-13-20/h4-8,10-13,18H,9,14-16H2,1-3H3,(H,29,32)(H,30,31). The molecule has 4 rings (SSSR count). The van der Waals surface area contributed by atoms with Gasteiger partial charge in [-0.05, 0) is 66.0 Å². The number of fused-ring (bicyclic) bond motifs is 1. The lowest BCUT2D eigenvalue weighted by atomic mass is 9.72. The summed E-state index contributed by atoms with van der Waals surface area (Å²) in [5.41, 5.74) is 3.59. The van der Waals surface area contributed by atoms with E-state index < -0.39 is 0 Å². The Morgan fingerprint density at radius 3 is 2.39 bits per heavy atom. The van der Waals surface area contributed by atoms with E-state index in [1.807, 2.05) is 54.6 Å². The van der Waals surface area contributed by atoms with Gasteiger partial charge in [0, 0.05) is 15.0 Å². The topological polar surface area (TPSA) is 58.2 Å². The van der Waals surface area contributed by atoms with Crippen molar-refractivity contribution in [1.82, 2.24) is 0 Å². The molecule has 0 radical (unpaired) electrons. The molecule has 2 aromatic carbocycles. The third-order valence-electron chi connectivity index (χ3n) is 6.28. The summed E-state index contributed by atoms with van der Waals surface area (Å²) in [6.07, 6.45) is 3.12. The summed E-state index contributed by atoms with van der Waals surface area (Å²) in [6.45, 7) is 6.83. The lowest BCUT2D eigenvalue weighted by Gasteiger charge is -2.33. The molecule has 1 atom stereocenters. The molecule has 33 heavy (non-hydrogen) atoms. The number of rotatable bonds is 5. The number of halogens is 1. The SMILES string of the molecule is CC(C)(C)C1CCc2c(sc(NC(=O)Cc3ccccc3)c2C(=O)Nc2ccc(Br)cc2)C1. The Morgan fingerprint density at radius 2 is 1.73 bits per heavy atom. The molecule has 3 aromatic rings. The predicted molar refractivity (Wildman–Crippen MR) is 140 cm³/mol. The van der Waals surface area contributed by atoms with Gasteiger partial charge in [-0.15, -0.1) is 11.3 Å². The molecule has 0 aliphatic heterocycles. The molecule has 1 unspecified atom stereocenters. The molecule has 1 aromatic heterocycles. The minimum absolute atomic E-state index is 0.107. The minimum atomic E-state index is -0.168. The van der Waals surface area contributed by atoms with Crippen molar-refractivity contribution in [3.8, 4) is 0 Å². The molecular formula is C27H29BrN2O2S. The molecule has 4 nitrogen and oxygen atoms in total. The van der Waals surface area contributed by atoms with E-state index in [2.05, 4.69) is 47.3 Å². The molecule has 2 N–H and O–H groups in total. The molecule has 0 bridgehead atoms. The van der Waals surface area contributed by atoms with Crippen LogP contribution in [0.5, 0.6) is 0 Å². The van der Waals surface area contributed by atoms with Crippen LogP contribution in [0.3, 0.4) is 0 Å². The zero-order valence-corrected chi connectivity index (χ0v) is 21.6. The number of thiophene rings is 1. The normalized spacial score (nSPS) is 15.6. The number of anilines is 2. The molecule has 0 saturated heterocycles. The fourth-order valence-electron chi connectivity index (χ4n) is 4.33. The molecule has 0 saturated carbocycles. The molecule has 0 spiro atoms. The van der Waals surface area contributed by atoms with Crippen molar-refractivity contribution in [2.45, 2.75) is 46.5 Å². The van der Waals surface area contributed by atoms with Gasteiger partial charge in [-0.25, -0.2) is 0 Å². The fourth-order valence-corrected chi connectivity index (χ4v) is 5.94. The molecule has 0 fully saturated rings. The van der Waals surface area contributed by atoms with Crippen molar-refractivity contribution < 1.29 is 9.59 Å². The fraction of sp³-hybridized carbons (Fsp3) is 0.333. The first kappa shape index (κ1) is 23.7. The van der Waals surface area contributed by atoms with E-state index in [-0.39, 0.29) is 23.7 Å². The number of benzene rings is 2. The smallest absolute Gasteiger partial charge is 0.258 e. The van der Waals surface area contributed by atoms with Crippen LogP contribution in [0.2, 0.25) is 0 Å². The largest absolute Gasteiger partial charge is 0.322 e. The molecule has 1 aliphatic carbocycles. The van der Waals surface area contributed by atoms with Crippen LogP contribution in [0.25, 0.3) is 0 Å². The summed E-state index contributed by atoms with van der Waals surface area (Å²) in [5.74, 6) is 0.280. The first-order valence-corrected chi connectivity index (χ1v) is 12.9. The van der Waals surface area contributed by atoms with Crippen molar-refractivity contribution in [2.75, 3.05) is 10.6 Å². The van der Waals surface area contributed by atoms with Gasteiger partial charge in [0.25, 0.3) is 5.91 Å². The Hall–Kier alpha value is -2.44. The van der Waals surface area contributed by atoms with Crippen LogP contribution in [0.4, 0.5) is 10.7 Å². The number of carbonyl (C=O) groups excluding carboxylic acids is 2. The van der Waals surface area contributed by atoms with E-state index in [1.54, 1.807) is 11.3 Å². The Balaban J connectivity index is 1.62. The zero-order valence-electron chi connectivity index (χ0n) is 19.2. The van der Waals surface area contributed by atoms with Gasteiger partial charge >= 0.3 is 0 Å². The lowest BCUT2D eigenvalue weighted by Crippen LogP contribution is -2.27. The van der Waals surface area contributed by atoms with E-state index in [0.29, 0.717) is 16.5 Å². The van der Waals surface area contributed by atoms with Gasteiger partial charge in [0.2, 0.25) is 5.91 Å². The quantitative estimate of drug-likeness (QED) is 0.374. The van der Waals surface area contributed by atoms with Crippen molar-refractivity contribution in [3.63, 3.8) is 0 Å². The van der Waals surface area contributed by atoms with Gasteiger partial charge in [0.1, 0.15) is 5.00 Å². The van der Waals surface area contributed by atoms with E-state index in [9.17, 15) is 9.59 Å². The third-order valence-corrected chi connectivity index (χ3v) is 7.98. The molecule has 172 valence electrons. The molecule has 1 heterocycles. The maximum Gasteiger partial charge on any atom is 0.258 e. The van der Waals surface area contributed by atoms with Gasteiger partial charge < -0.3 is 10.6 Å². The molecule has 1 aliphatic rings. The summed E-state index contributed by atoms with van der Waals surface area (Å²) in [6, 6.07) is 17.2. The highest BCUT2D eigenvalue weighted by Gasteiger charge is 2.34. The maximum atomic E-state index is 13.4. The Morgan fingerprint density at radius 1 is 1.03 bits per heavy atom. The average molecular weight is 526 g/mol. The van der Waals surface area contributed by atoms with Gasteiger partial charge in [-0.1, -0.05) is 67.0 Å². The highest BCUT2D eigenvalue weighted by atomic mass is 79.9. The van der Waals surface area contributed by atoms with Gasteiger partial charge in [-0.3, -0.25) is 9.59 Å². The van der Waals surface area contributed by atoms with Crippen LogP contribution in [-0.2, 0) is 24.1 Å². The maximum absolute atomic E-state index is 13.4. The van der Waals surface area contributed by atoms with Crippen molar-refractivity contribution in [2.24, 2.45) is 11.3 Å². The highest BCUT2D eigenvalue weighted by Crippen LogP contribution is 2.44. The lowest BCUT2D eigenvalue weighted by molar-refractivity contribution is -0.115. The van der Waals surface area contributed by atoms with E-state index in [0.717, 1.165) is 40.5 Å². The van der Waals surface area contributed by atoms with Crippen LogP contribution < -0.4 is 10.6 Å². The molecule has 6 heteroatoms. The summed E-state index contributed by atoms with van der Waals surface area (Å²) < 4.78 is 0.954. The minimum Gasteiger partial charge on any atom is -0.322 e. The number of hydrogen-bond acceptors (Lipinski definition) is 3. The highest BCUT2D eigenvalue weighted by molar-refractivity contribution is 9.10. The monoisotopic (exact) mass is 524 g/mol. The van der Waals surface area contributed by atoms with E-state index >= 15 is 0 Å². The van der Waals surface area contributed by atoms with Crippen LogP contribution in [-0.4, -0.2) is 11.8 Å². The summed E-state index contributed by atoms with van der Waals surface area (Å²) in [5, 5.41) is 6.74. The molecule has 2 amide bonds. The van der Waals surface area contributed by atoms with Crippen molar-refractivity contribution in [3.05, 3.63) is 80.6 Å². The summed E-state index contributed by atoms with van der Waals surface area (Å²) in [7, 11) is 0. The Labute approximate surface area is 207 Å².